The summed E-state index contributed by atoms with van der Waals surface area (Å²) in [5.41, 5.74) is 14.4. The number of rotatable bonds is 5. The van der Waals surface area contributed by atoms with Crippen molar-refractivity contribution in [2.75, 3.05) is 0 Å². The molecule has 0 fully saturated rings. The van der Waals surface area contributed by atoms with Gasteiger partial charge in [0, 0.05) is 27.7 Å². The van der Waals surface area contributed by atoms with Gasteiger partial charge in [-0.1, -0.05) is 153 Å². The molecule has 0 radical (unpaired) electrons. The SMILES string of the molecule is CC1(C)c2ccccc2C(=O)c2ccc(-c3ccc(-c4cccc(-c5cc(-c6ccccc6)nc(-c6ccccc6)c5)c4)cc3)cc21. The highest BCUT2D eigenvalue weighted by Gasteiger charge is 2.36. The van der Waals surface area contributed by atoms with Crippen molar-refractivity contribution in [3.8, 4) is 55.9 Å². The van der Waals surface area contributed by atoms with Gasteiger partial charge < -0.3 is 0 Å². The maximum atomic E-state index is 13.4. The molecule has 0 N–H and O–H groups in total. The zero-order chi connectivity index (χ0) is 32.0. The number of ketones is 1. The summed E-state index contributed by atoms with van der Waals surface area (Å²) in [7, 11) is 0. The first-order valence-corrected chi connectivity index (χ1v) is 16.1. The molecule has 6 aromatic carbocycles. The van der Waals surface area contributed by atoms with E-state index in [2.05, 4.69) is 141 Å². The molecular formula is C45H33NO. The Hall–Kier alpha value is -5.86. The molecule has 0 unspecified atom stereocenters. The molecular weight excluding hydrogens is 571 g/mol. The summed E-state index contributed by atoms with van der Waals surface area (Å²) in [5, 5.41) is 0. The number of hydrogen-bond donors (Lipinski definition) is 0. The van der Waals surface area contributed by atoms with E-state index in [0.717, 1.165) is 78.1 Å². The number of aromatic nitrogens is 1. The lowest BCUT2D eigenvalue weighted by Crippen LogP contribution is -2.30. The standard InChI is InChI=1S/C45H33NO/c1-45(2)40-19-10-9-18-38(40)44(47)39-25-24-36(27-41(39)45)31-22-20-30(21-23-31)34-16-11-17-35(26-34)37-28-42(32-12-5-3-6-13-32)46-43(29-37)33-14-7-4-8-15-33/h3-29H,1-2H3. The molecule has 1 aliphatic rings. The van der Waals surface area contributed by atoms with Crippen molar-refractivity contribution in [2.45, 2.75) is 19.3 Å². The van der Waals surface area contributed by atoms with Gasteiger partial charge >= 0.3 is 0 Å². The first-order valence-electron chi connectivity index (χ1n) is 16.1. The summed E-state index contributed by atoms with van der Waals surface area (Å²) < 4.78 is 0. The predicted octanol–water partition coefficient (Wildman–Crippen LogP) is 11.3. The van der Waals surface area contributed by atoms with Crippen LogP contribution in [-0.2, 0) is 5.41 Å². The van der Waals surface area contributed by atoms with Crippen molar-refractivity contribution in [3.63, 3.8) is 0 Å². The minimum Gasteiger partial charge on any atom is -0.289 e. The summed E-state index contributed by atoms with van der Waals surface area (Å²) in [6, 6.07) is 56.9. The van der Waals surface area contributed by atoms with E-state index < -0.39 is 0 Å². The normalized spacial score (nSPS) is 13.1. The Balaban J connectivity index is 1.13. The molecule has 0 saturated heterocycles. The minimum absolute atomic E-state index is 0.109. The zero-order valence-electron chi connectivity index (χ0n) is 26.4. The molecule has 0 bridgehead atoms. The van der Waals surface area contributed by atoms with Crippen LogP contribution in [0.5, 0.6) is 0 Å². The van der Waals surface area contributed by atoms with E-state index in [4.69, 9.17) is 4.98 Å². The Labute approximate surface area is 276 Å². The topological polar surface area (TPSA) is 30.0 Å². The summed E-state index contributed by atoms with van der Waals surface area (Å²) in [5.74, 6) is 0.109. The van der Waals surface area contributed by atoms with E-state index in [1.54, 1.807) is 0 Å². The van der Waals surface area contributed by atoms with Crippen LogP contribution in [0.25, 0.3) is 55.9 Å². The number of pyridine rings is 1. The van der Waals surface area contributed by atoms with Crippen LogP contribution in [-0.4, -0.2) is 10.8 Å². The fourth-order valence-electron chi connectivity index (χ4n) is 6.90. The van der Waals surface area contributed by atoms with Crippen LogP contribution >= 0.6 is 0 Å². The Morgan fingerprint density at radius 2 is 0.851 bits per heavy atom. The first kappa shape index (κ1) is 28.6. The molecule has 7 aromatic rings. The Morgan fingerprint density at radius 1 is 0.383 bits per heavy atom. The molecule has 0 spiro atoms. The molecule has 0 atom stereocenters. The second-order valence-corrected chi connectivity index (χ2v) is 12.8. The molecule has 0 aliphatic heterocycles. The zero-order valence-corrected chi connectivity index (χ0v) is 26.4. The van der Waals surface area contributed by atoms with Crippen LogP contribution in [0, 0.1) is 0 Å². The highest BCUT2D eigenvalue weighted by molar-refractivity contribution is 6.13. The van der Waals surface area contributed by atoms with E-state index in [1.165, 1.54) is 0 Å². The second-order valence-electron chi connectivity index (χ2n) is 12.8. The minimum atomic E-state index is -0.260. The Kier molecular flexibility index (Phi) is 7.00. The lowest BCUT2D eigenvalue weighted by Gasteiger charge is -2.34. The molecule has 1 heterocycles. The van der Waals surface area contributed by atoms with Crippen LogP contribution in [0.1, 0.15) is 40.9 Å². The van der Waals surface area contributed by atoms with E-state index >= 15 is 0 Å². The van der Waals surface area contributed by atoms with Crippen molar-refractivity contribution in [3.05, 3.63) is 186 Å². The first-order chi connectivity index (χ1) is 23.0. The smallest absolute Gasteiger partial charge is 0.193 e. The van der Waals surface area contributed by atoms with Crippen molar-refractivity contribution in [2.24, 2.45) is 0 Å². The predicted molar refractivity (Wildman–Crippen MR) is 193 cm³/mol. The fraction of sp³-hybridized carbons (Fsp3) is 0.0667. The number of fused-ring (bicyclic) bond motifs is 2. The molecule has 0 saturated carbocycles. The second kappa shape index (κ2) is 11.5. The van der Waals surface area contributed by atoms with E-state index in [-0.39, 0.29) is 11.2 Å². The van der Waals surface area contributed by atoms with Gasteiger partial charge in [-0.05, 0) is 68.8 Å². The monoisotopic (exact) mass is 603 g/mol. The van der Waals surface area contributed by atoms with Gasteiger partial charge in [0.25, 0.3) is 0 Å². The van der Waals surface area contributed by atoms with Crippen molar-refractivity contribution in [1.82, 2.24) is 4.98 Å². The number of carbonyl (C=O) groups excluding carboxylic acids is 1. The van der Waals surface area contributed by atoms with Crippen LogP contribution < -0.4 is 0 Å². The Morgan fingerprint density at radius 3 is 1.47 bits per heavy atom. The maximum absolute atomic E-state index is 13.4. The molecule has 2 heteroatoms. The molecule has 1 aromatic heterocycles. The average Bonchev–Trinajstić information content (AvgIpc) is 3.14. The molecule has 1 aliphatic carbocycles. The van der Waals surface area contributed by atoms with Gasteiger partial charge in [0.2, 0.25) is 0 Å². The molecule has 224 valence electrons. The number of nitrogens with zero attached hydrogens (tertiary/aromatic N) is 1. The van der Waals surface area contributed by atoms with Gasteiger partial charge in [-0.2, -0.15) is 0 Å². The molecule has 8 rings (SSSR count). The largest absolute Gasteiger partial charge is 0.289 e. The summed E-state index contributed by atoms with van der Waals surface area (Å²) >= 11 is 0. The third-order valence-electron chi connectivity index (χ3n) is 9.49. The highest BCUT2D eigenvalue weighted by Crippen LogP contribution is 2.43. The number of benzene rings is 6. The quantitative estimate of drug-likeness (QED) is 0.196. The van der Waals surface area contributed by atoms with Gasteiger partial charge in [-0.15, -0.1) is 0 Å². The average molecular weight is 604 g/mol. The van der Waals surface area contributed by atoms with Gasteiger partial charge in [0.1, 0.15) is 0 Å². The van der Waals surface area contributed by atoms with Crippen molar-refractivity contribution >= 4 is 5.78 Å². The maximum Gasteiger partial charge on any atom is 0.193 e. The summed E-state index contributed by atoms with van der Waals surface area (Å²) in [6.07, 6.45) is 0. The van der Waals surface area contributed by atoms with Gasteiger partial charge in [-0.3, -0.25) is 4.79 Å². The molecule has 0 amide bonds. The van der Waals surface area contributed by atoms with E-state index in [1.807, 2.05) is 36.4 Å². The summed E-state index contributed by atoms with van der Waals surface area (Å²) in [4.78, 5) is 18.4. The van der Waals surface area contributed by atoms with Gasteiger partial charge in [0.15, 0.2) is 5.78 Å². The third-order valence-corrected chi connectivity index (χ3v) is 9.49. The molecule has 2 nitrogen and oxygen atoms in total. The van der Waals surface area contributed by atoms with Crippen molar-refractivity contribution in [1.29, 1.82) is 0 Å². The lowest BCUT2D eigenvalue weighted by atomic mass is 9.68. The van der Waals surface area contributed by atoms with Gasteiger partial charge in [-0.25, -0.2) is 4.98 Å². The number of carbonyl (C=O) groups is 1. The van der Waals surface area contributed by atoms with E-state index in [0.29, 0.717) is 0 Å². The lowest BCUT2D eigenvalue weighted by molar-refractivity contribution is 0.103. The number of hydrogen-bond acceptors (Lipinski definition) is 2. The van der Waals surface area contributed by atoms with Crippen LogP contribution in [0.2, 0.25) is 0 Å². The van der Waals surface area contributed by atoms with Crippen molar-refractivity contribution < 1.29 is 4.79 Å². The van der Waals surface area contributed by atoms with Crippen LogP contribution in [0.3, 0.4) is 0 Å². The van der Waals surface area contributed by atoms with Crippen LogP contribution in [0.15, 0.2) is 164 Å². The van der Waals surface area contributed by atoms with Gasteiger partial charge in [0.05, 0.1) is 11.4 Å². The Bertz CT molecular complexity index is 2210. The fourth-order valence-corrected chi connectivity index (χ4v) is 6.90. The highest BCUT2D eigenvalue weighted by atomic mass is 16.1. The summed E-state index contributed by atoms with van der Waals surface area (Å²) in [6.45, 7) is 4.43. The molecule has 47 heavy (non-hydrogen) atoms. The van der Waals surface area contributed by atoms with Crippen LogP contribution in [0.4, 0.5) is 0 Å². The van der Waals surface area contributed by atoms with E-state index in [9.17, 15) is 4.79 Å². The third kappa shape index (κ3) is 5.18.